The van der Waals surface area contributed by atoms with Crippen molar-refractivity contribution in [2.24, 2.45) is 0 Å². The lowest BCUT2D eigenvalue weighted by molar-refractivity contribution is -0.115. The molecule has 26 heavy (non-hydrogen) atoms. The molecule has 1 heterocycles. The molecule has 1 amide bonds. The Balaban J connectivity index is 1.55. The third-order valence-corrected chi connectivity index (χ3v) is 4.90. The van der Waals surface area contributed by atoms with Gasteiger partial charge in [-0.15, -0.1) is 0 Å². The predicted octanol–water partition coefficient (Wildman–Crippen LogP) is 4.25. The maximum Gasteiger partial charge on any atom is 0.263 e. The molecule has 0 aliphatic carbocycles. The van der Waals surface area contributed by atoms with Gasteiger partial charge in [0.1, 0.15) is 29.0 Å². The number of carbonyl (C=O) groups excluding carboxylic acids is 1. The highest BCUT2D eigenvalue weighted by molar-refractivity contribution is 8.26. The molecule has 2 aromatic carbocycles. The van der Waals surface area contributed by atoms with Crippen molar-refractivity contribution in [3.8, 4) is 11.5 Å². The van der Waals surface area contributed by atoms with Crippen LogP contribution in [0.3, 0.4) is 0 Å². The highest BCUT2D eigenvalue weighted by Gasteiger charge is 2.21. The first-order valence-electron chi connectivity index (χ1n) is 8.19. The molecule has 0 aromatic heterocycles. The van der Waals surface area contributed by atoms with Crippen LogP contribution in [0.5, 0.6) is 11.5 Å². The summed E-state index contributed by atoms with van der Waals surface area (Å²) in [5, 5.41) is 2.61. The van der Waals surface area contributed by atoms with Gasteiger partial charge < -0.3 is 14.8 Å². The Morgan fingerprint density at radius 2 is 1.92 bits per heavy atom. The lowest BCUT2D eigenvalue weighted by atomic mass is 10.1. The SMILES string of the molecule is Cc1ccc(OCCOc2cccc(/C=C3/SC(=S)NC3=O)c2)c(C)c1. The molecule has 0 saturated carbocycles. The molecule has 2 aromatic rings. The van der Waals surface area contributed by atoms with Crippen LogP contribution in [0.1, 0.15) is 16.7 Å². The van der Waals surface area contributed by atoms with E-state index in [2.05, 4.69) is 18.3 Å². The van der Waals surface area contributed by atoms with Gasteiger partial charge in [-0.2, -0.15) is 0 Å². The minimum Gasteiger partial charge on any atom is -0.490 e. The lowest BCUT2D eigenvalue weighted by Gasteiger charge is -2.11. The van der Waals surface area contributed by atoms with Gasteiger partial charge in [-0.05, 0) is 49.2 Å². The monoisotopic (exact) mass is 385 g/mol. The van der Waals surface area contributed by atoms with Crippen LogP contribution in [0.15, 0.2) is 47.4 Å². The van der Waals surface area contributed by atoms with Gasteiger partial charge in [0.2, 0.25) is 0 Å². The molecule has 4 nitrogen and oxygen atoms in total. The maximum absolute atomic E-state index is 11.7. The van der Waals surface area contributed by atoms with Crippen LogP contribution in [-0.4, -0.2) is 23.4 Å². The molecule has 0 bridgehead atoms. The molecular weight excluding hydrogens is 366 g/mol. The van der Waals surface area contributed by atoms with E-state index in [1.807, 2.05) is 43.3 Å². The van der Waals surface area contributed by atoms with E-state index in [-0.39, 0.29) is 5.91 Å². The smallest absolute Gasteiger partial charge is 0.263 e. The van der Waals surface area contributed by atoms with Crippen molar-refractivity contribution in [3.05, 3.63) is 64.1 Å². The fourth-order valence-electron chi connectivity index (χ4n) is 2.54. The summed E-state index contributed by atoms with van der Waals surface area (Å²) in [6, 6.07) is 13.7. The van der Waals surface area contributed by atoms with Gasteiger partial charge in [0.05, 0.1) is 4.91 Å². The average molecular weight is 386 g/mol. The Kier molecular flexibility index (Phi) is 5.96. The predicted molar refractivity (Wildman–Crippen MR) is 110 cm³/mol. The van der Waals surface area contributed by atoms with Crippen LogP contribution < -0.4 is 14.8 Å². The second-order valence-electron chi connectivity index (χ2n) is 5.89. The van der Waals surface area contributed by atoms with Gasteiger partial charge in [0, 0.05) is 0 Å². The fourth-order valence-corrected chi connectivity index (χ4v) is 3.58. The Morgan fingerprint density at radius 3 is 2.65 bits per heavy atom. The number of benzene rings is 2. The van der Waals surface area contributed by atoms with Gasteiger partial charge in [0.15, 0.2) is 0 Å². The zero-order chi connectivity index (χ0) is 18.5. The Hall–Kier alpha value is -2.31. The number of nitrogens with one attached hydrogen (secondary N) is 1. The third-order valence-electron chi connectivity index (χ3n) is 3.74. The van der Waals surface area contributed by atoms with Crippen molar-refractivity contribution in [1.82, 2.24) is 5.32 Å². The first kappa shape index (κ1) is 18.5. The standard InChI is InChI=1S/C20H19NO3S2/c1-13-6-7-17(14(2)10-13)24-9-8-23-16-5-3-4-15(11-16)12-18-19(22)21-20(25)26-18/h3-7,10-12H,8-9H2,1-2H3,(H,21,22,25)/b18-12+. The molecule has 134 valence electrons. The zero-order valence-corrected chi connectivity index (χ0v) is 16.2. The van der Waals surface area contributed by atoms with Crippen molar-refractivity contribution in [2.75, 3.05) is 13.2 Å². The zero-order valence-electron chi connectivity index (χ0n) is 14.6. The molecule has 3 rings (SSSR count). The van der Waals surface area contributed by atoms with E-state index >= 15 is 0 Å². The Labute approximate surface area is 162 Å². The maximum atomic E-state index is 11.7. The van der Waals surface area contributed by atoms with Gasteiger partial charge in [-0.25, -0.2) is 0 Å². The summed E-state index contributed by atoms with van der Waals surface area (Å²) in [6.07, 6.45) is 1.80. The second-order valence-corrected chi connectivity index (χ2v) is 7.61. The number of thiocarbonyl (C=S) groups is 1. The van der Waals surface area contributed by atoms with E-state index in [0.29, 0.717) is 22.4 Å². The highest BCUT2D eigenvalue weighted by atomic mass is 32.2. The number of carbonyl (C=O) groups is 1. The number of hydrogen-bond acceptors (Lipinski definition) is 5. The summed E-state index contributed by atoms with van der Waals surface area (Å²) >= 11 is 6.26. The molecule has 1 saturated heterocycles. The molecule has 0 radical (unpaired) electrons. The van der Waals surface area contributed by atoms with Crippen LogP contribution in [-0.2, 0) is 4.79 Å². The summed E-state index contributed by atoms with van der Waals surface area (Å²) in [7, 11) is 0. The van der Waals surface area contributed by atoms with Crippen LogP contribution >= 0.6 is 24.0 Å². The molecule has 6 heteroatoms. The normalized spacial score (nSPS) is 15.2. The number of hydrogen-bond donors (Lipinski definition) is 1. The fraction of sp³-hybridized carbons (Fsp3) is 0.200. The largest absolute Gasteiger partial charge is 0.490 e. The summed E-state index contributed by atoms with van der Waals surface area (Å²) in [5.41, 5.74) is 3.22. The van der Waals surface area contributed by atoms with Gasteiger partial charge in [-0.1, -0.05) is 53.8 Å². The number of amides is 1. The summed E-state index contributed by atoms with van der Waals surface area (Å²) in [6.45, 7) is 4.99. The molecular formula is C20H19NO3S2. The van der Waals surface area contributed by atoms with Crippen molar-refractivity contribution in [1.29, 1.82) is 0 Å². The van der Waals surface area contributed by atoms with E-state index in [1.165, 1.54) is 17.3 Å². The second kappa shape index (κ2) is 8.38. The van der Waals surface area contributed by atoms with E-state index in [9.17, 15) is 4.79 Å². The Morgan fingerprint density at radius 1 is 1.12 bits per heavy atom. The molecule has 0 unspecified atom stereocenters. The first-order chi connectivity index (χ1) is 12.5. The molecule has 1 fully saturated rings. The summed E-state index contributed by atoms with van der Waals surface area (Å²) in [4.78, 5) is 12.3. The summed E-state index contributed by atoms with van der Waals surface area (Å²) < 4.78 is 12.0. The number of aryl methyl sites for hydroxylation is 2. The van der Waals surface area contributed by atoms with E-state index < -0.39 is 0 Å². The third kappa shape index (κ3) is 4.86. The van der Waals surface area contributed by atoms with Gasteiger partial charge in [0.25, 0.3) is 5.91 Å². The van der Waals surface area contributed by atoms with Crippen LogP contribution in [0, 0.1) is 13.8 Å². The molecule has 0 spiro atoms. The van der Waals surface area contributed by atoms with Gasteiger partial charge in [-0.3, -0.25) is 4.79 Å². The number of rotatable bonds is 6. The van der Waals surface area contributed by atoms with Crippen LogP contribution in [0.2, 0.25) is 0 Å². The van der Waals surface area contributed by atoms with Crippen LogP contribution in [0.4, 0.5) is 0 Å². The van der Waals surface area contributed by atoms with E-state index in [1.54, 1.807) is 6.08 Å². The quantitative estimate of drug-likeness (QED) is 0.458. The highest BCUT2D eigenvalue weighted by Crippen LogP contribution is 2.27. The van der Waals surface area contributed by atoms with Crippen molar-refractivity contribution >= 4 is 40.3 Å². The van der Waals surface area contributed by atoms with E-state index in [4.69, 9.17) is 21.7 Å². The minimum atomic E-state index is -0.159. The molecule has 0 atom stereocenters. The lowest BCUT2D eigenvalue weighted by Crippen LogP contribution is -2.17. The van der Waals surface area contributed by atoms with Crippen molar-refractivity contribution in [3.63, 3.8) is 0 Å². The van der Waals surface area contributed by atoms with Crippen LogP contribution in [0.25, 0.3) is 6.08 Å². The molecule has 1 aliphatic heterocycles. The first-order valence-corrected chi connectivity index (χ1v) is 9.41. The number of thioether (sulfide) groups is 1. The van der Waals surface area contributed by atoms with E-state index in [0.717, 1.165) is 22.6 Å². The molecule has 1 N–H and O–H groups in total. The van der Waals surface area contributed by atoms with Gasteiger partial charge >= 0.3 is 0 Å². The topological polar surface area (TPSA) is 47.6 Å². The average Bonchev–Trinajstić information content (AvgIpc) is 2.91. The molecule has 1 aliphatic rings. The minimum absolute atomic E-state index is 0.159. The Bertz CT molecular complexity index is 877. The number of ether oxygens (including phenoxy) is 2. The van der Waals surface area contributed by atoms with Crippen molar-refractivity contribution < 1.29 is 14.3 Å². The van der Waals surface area contributed by atoms with Crippen molar-refractivity contribution in [2.45, 2.75) is 13.8 Å². The summed E-state index contributed by atoms with van der Waals surface area (Å²) in [5.74, 6) is 1.45.